The van der Waals surface area contributed by atoms with Gasteiger partial charge in [0.25, 0.3) is 0 Å². The molecular weight excluding hydrogens is 234 g/mol. The monoisotopic (exact) mass is 255 g/mol. The Morgan fingerprint density at radius 2 is 1.71 bits per heavy atom. The predicted molar refractivity (Wildman–Crippen MR) is 71.4 cm³/mol. The van der Waals surface area contributed by atoms with Crippen molar-refractivity contribution in [2.24, 2.45) is 0 Å². The van der Waals surface area contributed by atoms with Crippen LogP contribution >= 0.6 is 0 Å². The maximum absolute atomic E-state index is 5.60. The van der Waals surface area contributed by atoms with Crippen LogP contribution in [-0.2, 0) is 8.85 Å². The summed E-state index contributed by atoms with van der Waals surface area (Å²) in [4.78, 5) is 0. The molecule has 2 N–H and O–H groups in total. The summed E-state index contributed by atoms with van der Waals surface area (Å²) in [5.41, 5.74) is 6.34. The Hall–Kier alpha value is -1.04. The van der Waals surface area contributed by atoms with E-state index in [-0.39, 0.29) is 0 Å². The third-order valence-electron chi connectivity index (χ3n) is 2.79. The molecule has 96 valence electrons. The third kappa shape index (κ3) is 4.76. The molecule has 0 aliphatic heterocycles. The van der Waals surface area contributed by atoms with Crippen LogP contribution < -0.4 is 10.5 Å². The first-order valence-electron chi connectivity index (χ1n) is 5.68. The number of benzene rings is 1. The molecule has 0 spiro atoms. The lowest BCUT2D eigenvalue weighted by Crippen LogP contribution is -2.36. The molecule has 4 nitrogen and oxygen atoms in total. The van der Waals surface area contributed by atoms with Crippen LogP contribution in [0.15, 0.2) is 24.3 Å². The molecule has 0 saturated heterocycles. The highest BCUT2D eigenvalue weighted by atomic mass is 28.4. The molecule has 1 aromatic rings. The van der Waals surface area contributed by atoms with Gasteiger partial charge in [0.2, 0.25) is 0 Å². The number of nitrogens with two attached hydrogens (primary N) is 1. The zero-order chi connectivity index (χ0) is 12.7. The Kier molecular flexibility index (Phi) is 5.47. The number of hydrogen-bond acceptors (Lipinski definition) is 4. The first kappa shape index (κ1) is 14.0. The van der Waals surface area contributed by atoms with E-state index in [1.54, 1.807) is 14.2 Å². The molecule has 0 saturated carbocycles. The molecule has 0 heterocycles. The number of rotatable bonds is 7. The minimum absolute atomic E-state index is 0.666. The standard InChI is InChI=1S/C12H21NO3Si/c1-14-17(3,15-2)10-4-9-16-12-7-5-11(13)6-8-12/h5-8H,4,9-10,13H2,1-3H3. The van der Waals surface area contributed by atoms with E-state index in [1.807, 2.05) is 24.3 Å². The van der Waals surface area contributed by atoms with Gasteiger partial charge in [-0.25, -0.2) is 0 Å². The Morgan fingerprint density at radius 3 is 2.24 bits per heavy atom. The number of hydrogen-bond donors (Lipinski definition) is 1. The van der Waals surface area contributed by atoms with Gasteiger partial charge in [-0.15, -0.1) is 0 Å². The van der Waals surface area contributed by atoms with E-state index < -0.39 is 8.56 Å². The second kappa shape index (κ2) is 6.63. The van der Waals surface area contributed by atoms with E-state index in [0.29, 0.717) is 6.61 Å². The van der Waals surface area contributed by atoms with Gasteiger partial charge in [-0.05, 0) is 43.3 Å². The molecule has 0 amide bonds. The van der Waals surface area contributed by atoms with Crippen molar-refractivity contribution in [2.75, 3.05) is 26.6 Å². The zero-order valence-corrected chi connectivity index (χ0v) is 11.7. The number of nitrogen functional groups attached to an aromatic ring is 1. The first-order chi connectivity index (χ1) is 8.09. The molecule has 17 heavy (non-hydrogen) atoms. The molecule has 5 heteroatoms. The van der Waals surface area contributed by atoms with Gasteiger partial charge in [-0.3, -0.25) is 0 Å². The van der Waals surface area contributed by atoms with Crippen molar-refractivity contribution in [2.45, 2.75) is 19.0 Å². The Morgan fingerprint density at radius 1 is 1.12 bits per heavy atom. The Bertz CT molecular complexity index is 325. The fourth-order valence-corrected chi connectivity index (χ4v) is 2.80. The van der Waals surface area contributed by atoms with Gasteiger partial charge < -0.3 is 19.3 Å². The van der Waals surface area contributed by atoms with Crippen LogP contribution in [0, 0.1) is 0 Å². The lowest BCUT2D eigenvalue weighted by molar-refractivity contribution is 0.241. The van der Waals surface area contributed by atoms with Gasteiger partial charge >= 0.3 is 8.56 Å². The highest BCUT2D eigenvalue weighted by Crippen LogP contribution is 2.16. The molecular formula is C12H21NO3Si. The van der Waals surface area contributed by atoms with Gasteiger partial charge in [-0.2, -0.15) is 0 Å². The topological polar surface area (TPSA) is 53.7 Å². The van der Waals surface area contributed by atoms with Crippen LogP contribution in [0.5, 0.6) is 5.75 Å². The summed E-state index contributed by atoms with van der Waals surface area (Å²) in [6.07, 6.45) is 0.925. The highest BCUT2D eigenvalue weighted by Gasteiger charge is 2.27. The molecule has 0 fully saturated rings. The van der Waals surface area contributed by atoms with E-state index in [1.165, 1.54) is 0 Å². The van der Waals surface area contributed by atoms with Crippen LogP contribution in [0.3, 0.4) is 0 Å². The maximum atomic E-state index is 5.60. The van der Waals surface area contributed by atoms with Gasteiger partial charge in [0.1, 0.15) is 5.75 Å². The highest BCUT2D eigenvalue weighted by molar-refractivity contribution is 6.65. The van der Waals surface area contributed by atoms with Crippen molar-refractivity contribution >= 4 is 14.2 Å². The average Bonchev–Trinajstić information content (AvgIpc) is 2.36. The van der Waals surface area contributed by atoms with E-state index in [4.69, 9.17) is 19.3 Å². The number of ether oxygens (including phenoxy) is 1. The minimum Gasteiger partial charge on any atom is -0.494 e. The lowest BCUT2D eigenvalue weighted by atomic mass is 10.3. The fraction of sp³-hybridized carbons (Fsp3) is 0.500. The Balaban J connectivity index is 2.26. The molecule has 1 rings (SSSR count). The molecule has 0 radical (unpaired) electrons. The third-order valence-corrected chi connectivity index (χ3v) is 5.78. The normalized spacial score (nSPS) is 11.5. The van der Waals surface area contributed by atoms with Gasteiger partial charge in [0.15, 0.2) is 0 Å². The van der Waals surface area contributed by atoms with Crippen molar-refractivity contribution in [1.29, 1.82) is 0 Å². The lowest BCUT2D eigenvalue weighted by Gasteiger charge is -2.22. The summed E-state index contributed by atoms with van der Waals surface area (Å²) < 4.78 is 16.4. The second-order valence-corrected chi connectivity index (χ2v) is 7.65. The van der Waals surface area contributed by atoms with Gasteiger partial charge in [-0.1, -0.05) is 0 Å². The van der Waals surface area contributed by atoms with E-state index in [0.717, 1.165) is 23.9 Å². The van der Waals surface area contributed by atoms with E-state index >= 15 is 0 Å². The van der Waals surface area contributed by atoms with Gasteiger partial charge in [0.05, 0.1) is 6.61 Å². The quantitative estimate of drug-likeness (QED) is 0.462. The van der Waals surface area contributed by atoms with Crippen molar-refractivity contribution < 1.29 is 13.6 Å². The molecule has 0 bridgehead atoms. The van der Waals surface area contributed by atoms with Crippen molar-refractivity contribution in [1.82, 2.24) is 0 Å². The molecule has 1 aromatic carbocycles. The summed E-state index contributed by atoms with van der Waals surface area (Å²) >= 11 is 0. The van der Waals surface area contributed by atoms with Crippen molar-refractivity contribution in [3.63, 3.8) is 0 Å². The molecule has 0 aliphatic rings. The first-order valence-corrected chi connectivity index (χ1v) is 8.20. The van der Waals surface area contributed by atoms with Crippen LogP contribution in [0.25, 0.3) is 0 Å². The molecule has 0 aliphatic carbocycles. The fourth-order valence-electron chi connectivity index (χ4n) is 1.43. The largest absolute Gasteiger partial charge is 0.494 e. The van der Waals surface area contributed by atoms with Crippen LogP contribution in [0.4, 0.5) is 5.69 Å². The Labute approximate surface area is 104 Å². The summed E-state index contributed by atoms with van der Waals surface area (Å²) in [5, 5.41) is 0. The van der Waals surface area contributed by atoms with E-state index in [2.05, 4.69) is 6.55 Å². The second-order valence-electron chi connectivity index (χ2n) is 4.06. The average molecular weight is 255 g/mol. The molecule has 0 unspecified atom stereocenters. The zero-order valence-electron chi connectivity index (χ0n) is 10.7. The summed E-state index contributed by atoms with van der Waals surface area (Å²) in [5.74, 6) is 0.845. The van der Waals surface area contributed by atoms with Gasteiger partial charge in [0, 0.05) is 19.9 Å². The van der Waals surface area contributed by atoms with Crippen LogP contribution in [0.1, 0.15) is 6.42 Å². The predicted octanol–water partition coefficient (Wildman–Crippen LogP) is 2.40. The summed E-state index contributed by atoms with van der Waals surface area (Å²) in [7, 11) is 1.47. The molecule has 0 atom stereocenters. The van der Waals surface area contributed by atoms with Crippen LogP contribution in [-0.4, -0.2) is 29.4 Å². The maximum Gasteiger partial charge on any atom is 0.334 e. The summed E-state index contributed by atoms with van der Waals surface area (Å²) in [6, 6.07) is 8.34. The van der Waals surface area contributed by atoms with Crippen molar-refractivity contribution in [3.8, 4) is 5.75 Å². The SMILES string of the molecule is CO[Si](C)(CCCOc1ccc(N)cc1)OC. The summed E-state index contributed by atoms with van der Waals surface area (Å²) in [6.45, 7) is 2.72. The minimum atomic E-state index is -1.94. The van der Waals surface area contributed by atoms with Crippen LogP contribution in [0.2, 0.25) is 12.6 Å². The molecule has 0 aromatic heterocycles. The smallest absolute Gasteiger partial charge is 0.334 e. The van der Waals surface area contributed by atoms with Crippen molar-refractivity contribution in [3.05, 3.63) is 24.3 Å². The van der Waals surface area contributed by atoms with E-state index in [9.17, 15) is 0 Å². The number of anilines is 1.